The fourth-order valence-electron chi connectivity index (χ4n) is 1.26. The second kappa shape index (κ2) is 2.64. The summed E-state index contributed by atoms with van der Waals surface area (Å²) in [4.78, 5) is 13.2. The third kappa shape index (κ3) is 1.10. The molecule has 0 bridgehead atoms. The van der Waals surface area contributed by atoms with Crippen molar-refractivity contribution in [2.75, 3.05) is 6.54 Å². The highest BCUT2D eigenvalue weighted by Crippen LogP contribution is 2.22. The molecular formula is C8H10N2O2. The lowest BCUT2D eigenvalue weighted by Crippen LogP contribution is -2.35. The monoisotopic (exact) mass is 166 g/mol. The third-order valence-electron chi connectivity index (χ3n) is 2.13. The van der Waals surface area contributed by atoms with Crippen molar-refractivity contribution < 1.29 is 5.11 Å². The molecule has 0 radical (unpaired) electrons. The van der Waals surface area contributed by atoms with Gasteiger partial charge in [-0.15, -0.1) is 0 Å². The molecule has 2 heterocycles. The number of aromatic amines is 1. The van der Waals surface area contributed by atoms with E-state index in [2.05, 4.69) is 10.3 Å². The van der Waals surface area contributed by atoms with Gasteiger partial charge in [-0.25, -0.2) is 0 Å². The van der Waals surface area contributed by atoms with Gasteiger partial charge in [0.2, 0.25) is 0 Å². The normalized spacial score (nSPS) is 21.8. The van der Waals surface area contributed by atoms with Crippen molar-refractivity contribution in [3.63, 3.8) is 0 Å². The molecule has 0 unspecified atom stereocenters. The van der Waals surface area contributed by atoms with Gasteiger partial charge < -0.3 is 15.4 Å². The predicted molar refractivity (Wildman–Crippen MR) is 44.1 cm³/mol. The maximum atomic E-state index is 10.8. The van der Waals surface area contributed by atoms with E-state index in [9.17, 15) is 4.79 Å². The Balaban J connectivity index is 2.33. The maximum Gasteiger partial charge on any atom is 0.290 e. The van der Waals surface area contributed by atoms with Crippen molar-refractivity contribution in [3.8, 4) is 5.75 Å². The summed E-state index contributed by atoms with van der Waals surface area (Å²) in [6.07, 6.45) is 2.70. The van der Waals surface area contributed by atoms with Crippen LogP contribution in [-0.2, 0) is 0 Å². The summed E-state index contributed by atoms with van der Waals surface area (Å²) in [5.41, 5.74) is 0.511. The Morgan fingerprint density at radius 1 is 1.58 bits per heavy atom. The highest BCUT2D eigenvalue weighted by molar-refractivity contribution is 5.25. The van der Waals surface area contributed by atoms with Crippen LogP contribution in [0.25, 0.3) is 0 Å². The molecule has 0 aliphatic carbocycles. The number of H-pyrrole nitrogens is 1. The Labute approximate surface area is 69.2 Å². The van der Waals surface area contributed by atoms with Gasteiger partial charge >= 0.3 is 0 Å². The minimum Gasteiger partial charge on any atom is -0.503 e. The molecule has 1 aliphatic rings. The van der Waals surface area contributed by atoms with Gasteiger partial charge in [0.05, 0.1) is 0 Å². The Morgan fingerprint density at radius 2 is 2.33 bits per heavy atom. The molecule has 1 atom stereocenters. The number of rotatable bonds is 1. The average molecular weight is 166 g/mol. The fraction of sp³-hybridized carbons (Fsp3) is 0.375. The molecule has 1 fully saturated rings. The van der Waals surface area contributed by atoms with Gasteiger partial charge in [0.15, 0.2) is 5.75 Å². The molecule has 0 spiro atoms. The predicted octanol–water partition coefficient (Wildman–Crippen LogP) is 0.115. The van der Waals surface area contributed by atoms with Crippen LogP contribution in [0.2, 0.25) is 0 Å². The Bertz CT molecular complexity index is 341. The van der Waals surface area contributed by atoms with E-state index in [0.29, 0.717) is 6.04 Å². The number of hydrogen-bond donors (Lipinski definition) is 3. The Hall–Kier alpha value is -1.29. The van der Waals surface area contributed by atoms with Crippen molar-refractivity contribution in [1.29, 1.82) is 0 Å². The van der Waals surface area contributed by atoms with E-state index < -0.39 is 5.56 Å². The fourth-order valence-corrected chi connectivity index (χ4v) is 1.26. The second-order valence-corrected chi connectivity index (χ2v) is 2.94. The van der Waals surface area contributed by atoms with Crippen LogP contribution >= 0.6 is 0 Å². The van der Waals surface area contributed by atoms with Gasteiger partial charge in [-0.05, 0) is 24.6 Å². The van der Waals surface area contributed by atoms with Crippen LogP contribution in [0, 0.1) is 0 Å². The first-order valence-electron chi connectivity index (χ1n) is 3.92. The SMILES string of the molecule is O=c1[nH]cc([C@@H]2CCN2)cc1O. The van der Waals surface area contributed by atoms with Crippen LogP contribution in [0.4, 0.5) is 0 Å². The topological polar surface area (TPSA) is 65.1 Å². The third-order valence-corrected chi connectivity index (χ3v) is 2.13. The van der Waals surface area contributed by atoms with Crippen molar-refractivity contribution in [2.45, 2.75) is 12.5 Å². The van der Waals surface area contributed by atoms with E-state index in [1.807, 2.05) is 0 Å². The van der Waals surface area contributed by atoms with E-state index in [1.165, 1.54) is 6.07 Å². The van der Waals surface area contributed by atoms with Crippen LogP contribution in [0.5, 0.6) is 5.75 Å². The largest absolute Gasteiger partial charge is 0.503 e. The molecule has 12 heavy (non-hydrogen) atoms. The summed E-state index contributed by atoms with van der Waals surface area (Å²) in [5, 5.41) is 12.3. The van der Waals surface area contributed by atoms with Gasteiger partial charge in [-0.2, -0.15) is 0 Å². The van der Waals surface area contributed by atoms with Crippen molar-refractivity contribution in [3.05, 3.63) is 28.2 Å². The summed E-state index contributed by atoms with van der Waals surface area (Å²) in [6.45, 7) is 1.00. The summed E-state index contributed by atoms with van der Waals surface area (Å²) in [7, 11) is 0. The minimum absolute atomic E-state index is 0.207. The zero-order chi connectivity index (χ0) is 8.55. The van der Waals surface area contributed by atoms with Gasteiger partial charge in [0.25, 0.3) is 5.56 Å². The van der Waals surface area contributed by atoms with E-state index in [-0.39, 0.29) is 5.75 Å². The quantitative estimate of drug-likeness (QED) is 0.555. The molecule has 1 aromatic rings. The lowest BCUT2D eigenvalue weighted by Gasteiger charge is -2.27. The summed E-state index contributed by atoms with van der Waals surface area (Å²) in [6, 6.07) is 1.81. The van der Waals surface area contributed by atoms with Crippen LogP contribution < -0.4 is 10.9 Å². The van der Waals surface area contributed by atoms with E-state index in [4.69, 9.17) is 5.11 Å². The first kappa shape index (κ1) is 7.36. The Morgan fingerprint density at radius 3 is 2.83 bits per heavy atom. The number of aromatic nitrogens is 1. The minimum atomic E-state index is -0.432. The number of hydrogen-bond acceptors (Lipinski definition) is 3. The Kier molecular flexibility index (Phi) is 1.62. The van der Waals surface area contributed by atoms with Crippen molar-refractivity contribution >= 4 is 0 Å². The molecular weight excluding hydrogens is 156 g/mol. The standard InChI is InChI=1S/C8H10N2O2/c11-7-3-5(4-10-8(7)12)6-1-2-9-6/h3-4,6,9,11H,1-2H2,(H,10,12)/t6-/m0/s1. The molecule has 3 N–H and O–H groups in total. The molecule has 1 saturated heterocycles. The number of aromatic hydroxyl groups is 1. The second-order valence-electron chi connectivity index (χ2n) is 2.94. The molecule has 64 valence electrons. The molecule has 0 saturated carbocycles. The van der Waals surface area contributed by atoms with Crippen LogP contribution in [0.15, 0.2) is 17.1 Å². The van der Waals surface area contributed by atoms with Gasteiger partial charge in [-0.1, -0.05) is 0 Å². The highest BCUT2D eigenvalue weighted by Gasteiger charge is 2.18. The van der Waals surface area contributed by atoms with Crippen LogP contribution in [-0.4, -0.2) is 16.6 Å². The van der Waals surface area contributed by atoms with E-state index in [0.717, 1.165) is 18.5 Å². The lowest BCUT2D eigenvalue weighted by atomic mass is 10.00. The van der Waals surface area contributed by atoms with Crippen molar-refractivity contribution in [1.82, 2.24) is 10.3 Å². The number of nitrogens with one attached hydrogen (secondary N) is 2. The zero-order valence-electron chi connectivity index (χ0n) is 6.50. The first-order valence-corrected chi connectivity index (χ1v) is 3.92. The molecule has 4 heteroatoms. The van der Waals surface area contributed by atoms with Crippen LogP contribution in [0.3, 0.4) is 0 Å². The lowest BCUT2D eigenvalue weighted by molar-refractivity contribution is 0.379. The molecule has 0 aromatic carbocycles. The van der Waals surface area contributed by atoms with Gasteiger partial charge in [0.1, 0.15) is 0 Å². The maximum absolute atomic E-state index is 10.8. The van der Waals surface area contributed by atoms with Crippen LogP contribution in [0.1, 0.15) is 18.0 Å². The summed E-state index contributed by atoms with van der Waals surface area (Å²) in [5.74, 6) is -0.207. The summed E-state index contributed by atoms with van der Waals surface area (Å²) < 4.78 is 0. The van der Waals surface area contributed by atoms with Gasteiger partial charge in [0, 0.05) is 12.2 Å². The molecule has 1 aromatic heterocycles. The first-order chi connectivity index (χ1) is 5.77. The molecule has 2 rings (SSSR count). The highest BCUT2D eigenvalue weighted by atomic mass is 16.3. The molecule has 4 nitrogen and oxygen atoms in total. The zero-order valence-corrected chi connectivity index (χ0v) is 6.50. The van der Waals surface area contributed by atoms with Gasteiger partial charge in [-0.3, -0.25) is 4.79 Å². The number of pyridine rings is 1. The van der Waals surface area contributed by atoms with Crippen molar-refractivity contribution in [2.24, 2.45) is 0 Å². The molecule has 0 amide bonds. The average Bonchev–Trinajstić information content (AvgIpc) is 1.93. The van der Waals surface area contributed by atoms with E-state index >= 15 is 0 Å². The molecule has 1 aliphatic heterocycles. The smallest absolute Gasteiger partial charge is 0.290 e. The summed E-state index contributed by atoms with van der Waals surface area (Å²) >= 11 is 0. The van der Waals surface area contributed by atoms with E-state index in [1.54, 1.807) is 6.20 Å².